The number of nitrogens with one attached hydrogen (secondary N) is 1. The summed E-state index contributed by atoms with van der Waals surface area (Å²) in [5, 5.41) is 2.07. The summed E-state index contributed by atoms with van der Waals surface area (Å²) in [4.78, 5) is 11.1. The molecule has 0 heterocycles. The number of alkyl halides is 2. The van der Waals surface area contributed by atoms with Crippen LogP contribution in [0, 0.1) is 5.41 Å². The molecule has 0 spiro atoms. The predicted molar refractivity (Wildman–Crippen MR) is 46.4 cm³/mol. The number of halogens is 2. The van der Waals surface area contributed by atoms with E-state index >= 15 is 0 Å². The molecular weight excluding hydrogens is 178 g/mol. The van der Waals surface area contributed by atoms with Gasteiger partial charge in [0.2, 0.25) is 5.91 Å². The molecule has 0 aromatic carbocycles. The second-order valence-electron chi connectivity index (χ2n) is 3.98. The van der Waals surface area contributed by atoms with Crippen LogP contribution in [-0.2, 0) is 4.79 Å². The minimum absolute atomic E-state index is 0.411. The van der Waals surface area contributed by atoms with E-state index < -0.39 is 30.3 Å². The molecule has 0 aromatic heterocycles. The zero-order valence-electron chi connectivity index (χ0n) is 8.10. The first kappa shape index (κ1) is 12.3. The van der Waals surface area contributed by atoms with Crippen molar-refractivity contribution in [3.8, 4) is 0 Å². The minimum atomic E-state index is -2.53. The largest absolute Gasteiger partial charge is 0.349 e. The molecule has 78 valence electrons. The molecular formula is C8H16F2N2O. The Balaban J connectivity index is 3.98. The fraction of sp³-hybridized carbons (Fsp3) is 0.875. The van der Waals surface area contributed by atoms with Crippen LogP contribution in [0.1, 0.15) is 20.8 Å². The van der Waals surface area contributed by atoms with E-state index in [1.165, 1.54) is 0 Å². The van der Waals surface area contributed by atoms with Crippen molar-refractivity contribution in [2.75, 3.05) is 6.54 Å². The summed E-state index contributed by atoms with van der Waals surface area (Å²) in [5.41, 5.74) is 5.11. The van der Waals surface area contributed by atoms with E-state index in [0.29, 0.717) is 0 Å². The maximum absolute atomic E-state index is 11.7. The quantitative estimate of drug-likeness (QED) is 0.696. The van der Waals surface area contributed by atoms with Gasteiger partial charge in [0.15, 0.2) is 0 Å². The van der Waals surface area contributed by atoms with Gasteiger partial charge in [-0.1, -0.05) is 20.8 Å². The molecule has 0 saturated heterocycles. The Labute approximate surface area is 76.7 Å². The highest BCUT2D eigenvalue weighted by atomic mass is 19.3. The van der Waals surface area contributed by atoms with E-state index in [0.717, 1.165) is 0 Å². The van der Waals surface area contributed by atoms with Crippen molar-refractivity contribution in [1.82, 2.24) is 5.32 Å². The van der Waals surface area contributed by atoms with Gasteiger partial charge in [-0.3, -0.25) is 4.79 Å². The number of carbonyl (C=O) groups excluding carboxylic acids is 1. The molecule has 0 rings (SSSR count). The molecule has 3 nitrogen and oxygen atoms in total. The summed E-state index contributed by atoms with van der Waals surface area (Å²) >= 11 is 0. The Hall–Kier alpha value is -0.710. The van der Waals surface area contributed by atoms with Crippen molar-refractivity contribution in [3.05, 3.63) is 0 Å². The van der Waals surface area contributed by atoms with Crippen LogP contribution in [0.25, 0.3) is 0 Å². The average Bonchev–Trinajstić information content (AvgIpc) is 1.96. The van der Waals surface area contributed by atoms with Crippen molar-refractivity contribution in [2.24, 2.45) is 11.1 Å². The first-order chi connectivity index (χ1) is 5.75. The molecule has 0 aromatic rings. The van der Waals surface area contributed by atoms with Crippen LogP contribution in [-0.4, -0.2) is 24.9 Å². The molecule has 1 amide bonds. The van der Waals surface area contributed by atoms with Gasteiger partial charge in [-0.25, -0.2) is 8.78 Å². The maximum Gasteiger partial charge on any atom is 0.255 e. The first-order valence-electron chi connectivity index (χ1n) is 4.06. The van der Waals surface area contributed by atoms with Crippen LogP contribution < -0.4 is 11.1 Å². The van der Waals surface area contributed by atoms with Gasteiger partial charge >= 0.3 is 0 Å². The first-order valence-corrected chi connectivity index (χ1v) is 4.06. The molecule has 0 aliphatic heterocycles. The van der Waals surface area contributed by atoms with Crippen molar-refractivity contribution < 1.29 is 13.6 Å². The van der Waals surface area contributed by atoms with Crippen molar-refractivity contribution in [3.63, 3.8) is 0 Å². The molecule has 0 radical (unpaired) electrons. The zero-order chi connectivity index (χ0) is 10.6. The van der Waals surface area contributed by atoms with Gasteiger partial charge in [-0.2, -0.15) is 0 Å². The summed E-state index contributed by atoms with van der Waals surface area (Å²) in [7, 11) is 0. The molecule has 0 aliphatic carbocycles. The van der Waals surface area contributed by atoms with Gasteiger partial charge in [0.1, 0.15) is 0 Å². The predicted octanol–water partition coefficient (Wildman–Crippen LogP) is 0.741. The van der Waals surface area contributed by atoms with E-state index in [1.807, 2.05) is 0 Å². The third-order valence-corrected chi connectivity index (χ3v) is 1.65. The smallest absolute Gasteiger partial charge is 0.255 e. The van der Waals surface area contributed by atoms with E-state index in [9.17, 15) is 13.6 Å². The summed E-state index contributed by atoms with van der Waals surface area (Å²) in [6.07, 6.45) is -2.53. The fourth-order valence-electron chi connectivity index (χ4n) is 0.681. The average molecular weight is 194 g/mol. The van der Waals surface area contributed by atoms with Gasteiger partial charge < -0.3 is 11.1 Å². The number of carbonyl (C=O) groups is 1. The lowest BCUT2D eigenvalue weighted by atomic mass is 9.87. The lowest BCUT2D eigenvalue weighted by Crippen LogP contribution is -2.49. The Morgan fingerprint density at radius 3 is 2.23 bits per heavy atom. The Kier molecular flexibility index (Phi) is 4.26. The summed E-state index contributed by atoms with van der Waals surface area (Å²) < 4.78 is 23.4. The zero-order valence-corrected chi connectivity index (χ0v) is 8.10. The molecule has 0 bridgehead atoms. The number of nitrogens with two attached hydrogens (primary N) is 1. The molecule has 0 saturated carbocycles. The van der Waals surface area contributed by atoms with E-state index in [2.05, 4.69) is 5.32 Å². The van der Waals surface area contributed by atoms with Crippen LogP contribution >= 0.6 is 0 Å². The second kappa shape index (κ2) is 4.50. The van der Waals surface area contributed by atoms with Crippen molar-refractivity contribution >= 4 is 5.91 Å². The number of hydrogen-bond acceptors (Lipinski definition) is 2. The summed E-state index contributed by atoms with van der Waals surface area (Å²) in [6.45, 7) is 4.70. The van der Waals surface area contributed by atoms with E-state index in [1.54, 1.807) is 20.8 Å². The van der Waals surface area contributed by atoms with Gasteiger partial charge in [0.05, 0.1) is 12.6 Å². The summed E-state index contributed by atoms with van der Waals surface area (Å²) in [5.74, 6) is -0.534. The normalized spacial score (nSPS) is 14.4. The topological polar surface area (TPSA) is 55.1 Å². The van der Waals surface area contributed by atoms with Gasteiger partial charge in [-0.05, 0) is 5.41 Å². The molecule has 0 unspecified atom stereocenters. The van der Waals surface area contributed by atoms with E-state index in [4.69, 9.17) is 5.73 Å². The SMILES string of the molecule is CC(C)(C)[C@H](N)C(=O)NCC(F)F. The Bertz CT molecular complexity index is 177. The van der Waals surface area contributed by atoms with Crippen LogP contribution in [0.3, 0.4) is 0 Å². The third-order valence-electron chi connectivity index (χ3n) is 1.65. The lowest BCUT2D eigenvalue weighted by molar-refractivity contribution is -0.125. The summed E-state index contributed by atoms with van der Waals surface area (Å²) in [6, 6.07) is -0.758. The lowest BCUT2D eigenvalue weighted by Gasteiger charge is -2.25. The molecule has 5 heteroatoms. The number of hydrogen-bond donors (Lipinski definition) is 2. The molecule has 1 atom stereocenters. The highest BCUT2D eigenvalue weighted by molar-refractivity contribution is 5.82. The molecule has 0 fully saturated rings. The van der Waals surface area contributed by atoms with Crippen LogP contribution in [0.15, 0.2) is 0 Å². The number of amides is 1. The van der Waals surface area contributed by atoms with Crippen LogP contribution in [0.2, 0.25) is 0 Å². The van der Waals surface area contributed by atoms with Crippen molar-refractivity contribution in [2.45, 2.75) is 33.2 Å². The maximum atomic E-state index is 11.7. The highest BCUT2D eigenvalue weighted by Gasteiger charge is 2.27. The van der Waals surface area contributed by atoms with E-state index in [-0.39, 0.29) is 0 Å². The van der Waals surface area contributed by atoms with Gasteiger partial charge in [-0.15, -0.1) is 0 Å². The Morgan fingerprint density at radius 2 is 1.92 bits per heavy atom. The third kappa shape index (κ3) is 4.77. The highest BCUT2D eigenvalue weighted by Crippen LogP contribution is 2.17. The molecule has 3 N–H and O–H groups in total. The number of rotatable bonds is 3. The van der Waals surface area contributed by atoms with Crippen molar-refractivity contribution in [1.29, 1.82) is 0 Å². The molecule has 13 heavy (non-hydrogen) atoms. The minimum Gasteiger partial charge on any atom is -0.349 e. The monoisotopic (exact) mass is 194 g/mol. The van der Waals surface area contributed by atoms with Gasteiger partial charge in [0.25, 0.3) is 6.43 Å². The molecule has 0 aliphatic rings. The standard InChI is InChI=1S/C8H16F2N2O/c1-8(2,3)6(11)7(13)12-4-5(9)10/h5-6H,4,11H2,1-3H3,(H,12,13)/t6-/m1/s1. The van der Waals surface area contributed by atoms with Crippen LogP contribution in [0.4, 0.5) is 8.78 Å². The second-order valence-corrected chi connectivity index (χ2v) is 3.98. The Morgan fingerprint density at radius 1 is 1.46 bits per heavy atom. The van der Waals surface area contributed by atoms with Crippen LogP contribution in [0.5, 0.6) is 0 Å². The van der Waals surface area contributed by atoms with Gasteiger partial charge in [0, 0.05) is 0 Å². The fourth-order valence-corrected chi connectivity index (χ4v) is 0.681.